The van der Waals surface area contributed by atoms with E-state index in [9.17, 15) is 13.6 Å². The van der Waals surface area contributed by atoms with Gasteiger partial charge in [-0.15, -0.1) is 0 Å². The van der Waals surface area contributed by atoms with Crippen LogP contribution in [0.3, 0.4) is 0 Å². The lowest BCUT2D eigenvalue weighted by atomic mass is 9.99. The van der Waals surface area contributed by atoms with Crippen LogP contribution in [0.1, 0.15) is 24.4 Å². The molecule has 1 amide bonds. The number of hydrogen-bond acceptors (Lipinski definition) is 3. The molecule has 1 aliphatic rings. The largest absolute Gasteiger partial charge is 0.351 e. The number of aryl methyl sites for hydroxylation is 1. The smallest absolute Gasteiger partial charge is 0.222 e. The zero-order valence-corrected chi connectivity index (χ0v) is 13.5. The zero-order valence-electron chi connectivity index (χ0n) is 13.5. The SMILES string of the molecule is CN1CC[C@@H](NC(=O)CCn2cccn2)[C@@H]1c1ccc(F)c(F)c1. The van der Waals surface area contributed by atoms with Crippen LogP contribution in [0, 0.1) is 11.6 Å². The molecule has 1 fully saturated rings. The Morgan fingerprint density at radius 3 is 2.92 bits per heavy atom. The maximum atomic E-state index is 13.5. The highest BCUT2D eigenvalue weighted by Gasteiger charge is 2.34. The summed E-state index contributed by atoms with van der Waals surface area (Å²) in [5.41, 5.74) is 0.672. The molecule has 0 unspecified atom stereocenters. The van der Waals surface area contributed by atoms with Crippen LogP contribution in [0.25, 0.3) is 0 Å². The molecule has 1 saturated heterocycles. The number of aromatic nitrogens is 2. The second kappa shape index (κ2) is 7.09. The van der Waals surface area contributed by atoms with E-state index in [0.717, 1.165) is 19.0 Å². The quantitative estimate of drug-likeness (QED) is 0.911. The number of benzene rings is 1. The number of halogens is 2. The van der Waals surface area contributed by atoms with Gasteiger partial charge in [0.25, 0.3) is 0 Å². The summed E-state index contributed by atoms with van der Waals surface area (Å²) in [6.45, 7) is 1.30. The van der Waals surface area contributed by atoms with Gasteiger partial charge in [0.15, 0.2) is 11.6 Å². The summed E-state index contributed by atoms with van der Waals surface area (Å²) in [4.78, 5) is 14.2. The van der Waals surface area contributed by atoms with Crippen molar-refractivity contribution in [1.29, 1.82) is 0 Å². The first-order chi connectivity index (χ1) is 11.5. The molecular weight excluding hydrogens is 314 g/mol. The fourth-order valence-electron chi connectivity index (χ4n) is 3.21. The molecule has 0 aliphatic carbocycles. The number of amides is 1. The average molecular weight is 334 g/mol. The van der Waals surface area contributed by atoms with Crippen LogP contribution in [0.2, 0.25) is 0 Å². The van der Waals surface area contributed by atoms with Crippen molar-refractivity contribution in [3.8, 4) is 0 Å². The number of nitrogens with one attached hydrogen (secondary N) is 1. The highest BCUT2D eigenvalue weighted by molar-refractivity contribution is 5.76. The van der Waals surface area contributed by atoms with Gasteiger partial charge in [-0.2, -0.15) is 5.10 Å². The number of carbonyl (C=O) groups excluding carboxylic acids is 1. The van der Waals surface area contributed by atoms with Crippen LogP contribution in [-0.4, -0.2) is 40.2 Å². The Morgan fingerprint density at radius 1 is 1.38 bits per heavy atom. The average Bonchev–Trinajstić information content (AvgIpc) is 3.18. The first-order valence-corrected chi connectivity index (χ1v) is 7.96. The normalized spacial score (nSPS) is 21.1. The number of rotatable bonds is 5. The van der Waals surface area contributed by atoms with E-state index in [-0.39, 0.29) is 18.0 Å². The first kappa shape index (κ1) is 16.6. The number of likely N-dealkylation sites (tertiary alicyclic amines) is 1. The van der Waals surface area contributed by atoms with Crippen molar-refractivity contribution in [2.45, 2.75) is 31.5 Å². The lowest BCUT2D eigenvalue weighted by molar-refractivity contribution is -0.122. The van der Waals surface area contributed by atoms with Gasteiger partial charge in [-0.05, 0) is 37.2 Å². The van der Waals surface area contributed by atoms with Crippen LogP contribution in [0.5, 0.6) is 0 Å². The molecule has 5 nitrogen and oxygen atoms in total. The van der Waals surface area contributed by atoms with Crippen molar-refractivity contribution in [2.75, 3.05) is 13.6 Å². The van der Waals surface area contributed by atoms with Crippen LogP contribution in [-0.2, 0) is 11.3 Å². The highest BCUT2D eigenvalue weighted by Crippen LogP contribution is 2.31. The van der Waals surface area contributed by atoms with E-state index < -0.39 is 11.6 Å². The Kier molecular flexibility index (Phi) is 4.89. The summed E-state index contributed by atoms with van der Waals surface area (Å²) < 4.78 is 28.4. The second-order valence-corrected chi connectivity index (χ2v) is 6.08. The Morgan fingerprint density at radius 2 is 2.21 bits per heavy atom. The molecule has 0 saturated carbocycles. The monoisotopic (exact) mass is 334 g/mol. The molecular formula is C17H20F2N4O. The number of nitrogens with zero attached hydrogens (tertiary/aromatic N) is 3. The molecule has 0 bridgehead atoms. The molecule has 2 heterocycles. The third kappa shape index (κ3) is 3.62. The lowest BCUT2D eigenvalue weighted by Gasteiger charge is -2.26. The van der Waals surface area contributed by atoms with Crippen molar-refractivity contribution in [3.05, 3.63) is 53.9 Å². The fourth-order valence-corrected chi connectivity index (χ4v) is 3.21. The molecule has 128 valence electrons. The molecule has 2 aromatic rings. The van der Waals surface area contributed by atoms with Gasteiger partial charge in [0, 0.05) is 37.9 Å². The summed E-state index contributed by atoms with van der Waals surface area (Å²) in [6, 6.07) is 5.45. The van der Waals surface area contributed by atoms with Gasteiger partial charge in [-0.3, -0.25) is 14.4 Å². The number of hydrogen-bond donors (Lipinski definition) is 1. The highest BCUT2D eigenvalue weighted by atomic mass is 19.2. The maximum absolute atomic E-state index is 13.5. The van der Waals surface area contributed by atoms with Crippen molar-refractivity contribution in [2.24, 2.45) is 0 Å². The molecule has 1 N–H and O–H groups in total. The van der Waals surface area contributed by atoms with Crippen molar-refractivity contribution in [3.63, 3.8) is 0 Å². The first-order valence-electron chi connectivity index (χ1n) is 7.96. The summed E-state index contributed by atoms with van der Waals surface area (Å²) >= 11 is 0. The molecule has 1 aromatic carbocycles. The summed E-state index contributed by atoms with van der Waals surface area (Å²) in [5, 5.41) is 7.08. The van der Waals surface area contributed by atoms with Gasteiger partial charge < -0.3 is 5.32 Å². The number of likely N-dealkylation sites (N-methyl/N-ethyl adjacent to an activating group) is 1. The predicted molar refractivity (Wildman–Crippen MR) is 85.1 cm³/mol. The van der Waals surface area contributed by atoms with E-state index in [0.29, 0.717) is 18.5 Å². The van der Waals surface area contributed by atoms with Crippen molar-refractivity contribution >= 4 is 5.91 Å². The second-order valence-electron chi connectivity index (χ2n) is 6.08. The van der Waals surface area contributed by atoms with Gasteiger partial charge in [0.2, 0.25) is 5.91 Å². The van der Waals surface area contributed by atoms with E-state index in [4.69, 9.17) is 0 Å². The molecule has 24 heavy (non-hydrogen) atoms. The predicted octanol–water partition coefficient (Wildman–Crippen LogP) is 2.11. The minimum Gasteiger partial charge on any atom is -0.351 e. The van der Waals surface area contributed by atoms with Gasteiger partial charge in [0.1, 0.15) is 0 Å². The number of carbonyl (C=O) groups is 1. The van der Waals surface area contributed by atoms with E-state index in [1.807, 2.05) is 18.0 Å². The van der Waals surface area contributed by atoms with Gasteiger partial charge in [0.05, 0.1) is 6.04 Å². The fraction of sp³-hybridized carbons (Fsp3) is 0.412. The lowest BCUT2D eigenvalue weighted by Crippen LogP contribution is -2.39. The molecule has 0 radical (unpaired) electrons. The Balaban J connectivity index is 1.65. The van der Waals surface area contributed by atoms with E-state index in [1.165, 1.54) is 6.07 Å². The minimum atomic E-state index is -0.864. The third-order valence-corrected chi connectivity index (χ3v) is 4.41. The van der Waals surface area contributed by atoms with Crippen LogP contribution in [0.15, 0.2) is 36.7 Å². The Hall–Kier alpha value is -2.28. The van der Waals surface area contributed by atoms with E-state index >= 15 is 0 Å². The minimum absolute atomic E-state index is 0.0709. The van der Waals surface area contributed by atoms with Crippen molar-refractivity contribution in [1.82, 2.24) is 20.0 Å². The maximum Gasteiger partial charge on any atom is 0.222 e. The molecule has 7 heteroatoms. The van der Waals surface area contributed by atoms with Gasteiger partial charge in [-0.1, -0.05) is 6.07 Å². The third-order valence-electron chi connectivity index (χ3n) is 4.41. The van der Waals surface area contributed by atoms with Gasteiger partial charge in [-0.25, -0.2) is 8.78 Å². The molecule has 1 aliphatic heterocycles. The molecule has 1 aromatic heterocycles. The van der Waals surface area contributed by atoms with Gasteiger partial charge >= 0.3 is 0 Å². The van der Waals surface area contributed by atoms with Crippen molar-refractivity contribution < 1.29 is 13.6 Å². The van der Waals surface area contributed by atoms with Crippen LogP contribution in [0.4, 0.5) is 8.78 Å². The summed E-state index contributed by atoms with van der Waals surface area (Å²) in [7, 11) is 1.92. The van der Waals surface area contributed by atoms with E-state index in [1.54, 1.807) is 23.1 Å². The standard InChI is InChI=1S/C17H20F2N4O/c1-22-9-5-15(17(22)12-3-4-13(18)14(19)11-12)21-16(24)6-10-23-8-2-7-20-23/h2-4,7-8,11,15,17H,5-6,9-10H2,1H3,(H,21,24)/t15-,17+/m1/s1. The van der Waals surface area contributed by atoms with Crippen LogP contribution < -0.4 is 5.32 Å². The molecule has 0 spiro atoms. The van der Waals surface area contributed by atoms with E-state index in [2.05, 4.69) is 10.4 Å². The summed E-state index contributed by atoms with van der Waals surface area (Å²) in [6.07, 6.45) is 4.57. The zero-order chi connectivity index (χ0) is 17.1. The topological polar surface area (TPSA) is 50.2 Å². The summed E-state index contributed by atoms with van der Waals surface area (Å²) in [5.74, 6) is -1.80. The Labute approximate surface area is 139 Å². The molecule has 3 rings (SSSR count). The Bertz CT molecular complexity index is 705. The molecule has 2 atom stereocenters. The van der Waals surface area contributed by atoms with Crippen LogP contribution >= 0.6 is 0 Å².